The highest BCUT2D eigenvalue weighted by Crippen LogP contribution is 2.11. The minimum absolute atomic E-state index is 0.0359. The van der Waals surface area contributed by atoms with E-state index in [4.69, 9.17) is 11.5 Å². The molecule has 15 heavy (non-hydrogen) atoms. The van der Waals surface area contributed by atoms with Crippen molar-refractivity contribution in [2.24, 2.45) is 0 Å². The van der Waals surface area contributed by atoms with E-state index in [2.05, 4.69) is 44.6 Å². The first-order valence-electron chi connectivity index (χ1n) is 5.50. The van der Waals surface area contributed by atoms with Gasteiger partial charge in [0.25, 0.3) is 0 Å². The third-order valence-electron chi connectivity index (χ3n) is 2.53. The van der Waals surface area contributed by atoms with Crippen LogP contribution < -0.4 is 5.46 Å². The van der Waals surface area contributed by atoms with Gasteiger partial charge in [-0.3, -0.25) is 0 Å². The second kappa shape index (κ2) is 5.57. The lowest BCUT2D eigenvalue weighted by molar-refractivity contribution is 0.312. The van der Waals surface area contributed by atoms with Crippen LogP contribution in [0.2, 0.25) is 0 Å². The van der Waals surface area contributed by atoms with Gasteiger partial charge in [-0.25, -0.2) is 0 Å². The molecule has 0 amide bonds. The Hall–Kier alpha value is -0.465. The summed E-state index contributed by atoms with van der Waals surface area (Å²) in [6.45, 7) is 8.72. The minimum atomic E-state index is -0.0359. The van der Waals surface area contributed by atoms with Gasteiger partial charge in [-0.15, -0.1) is 0 Å². The largest absolute Gasteiger partial charge is 0.364 e. The molecule has 0 spiro atoms. The molecule has 0 aliphatic heterocycles. The van der Waals surface area contributed by atoms with E-state index in [0.717, 1.165) is 0 Å². The van der Waals surface area contributed by atoms with Crippen molar-refractivity contribution < 1.29 is 0 Å². The van der Waals surface area contributed by atoms with Crippen LogP contribution in [0.3, 0.4) is 0 Å². The lowest BCUT2D eigenvalue weighted by Crippen LogP contribution is -2.51. The minimum Gasteiger partial charge on any atom is -0.320 e. The molecule has 82 valence electrons. The molecule has 1 aromatic rings. The summed E-state index contributed by atoms with van der Waals surface area (Å²) in [5.41, 5.74) is 1.17. The Morgan fingerprint density at radius 2 is 1.47 bits per heavy atom. The number of halogens is 1. The topological polar surface area (TPSA) is 3.24 Å². The molecule has 3 heteroatoms. The third-order valence-corrected chi connectivity index (χ3v) is 3.01. The molecular formula is C12H19BClN. The Bertz CT molecular complexity index is 279. The van der Waals surface area contributed by atoms with Crippen molar-refractivity contribution in [1.82, 2.24) is 4.81 Å². The van der Waals surface area contributed by atoms with E-state index in [-0.39, 0.29) is 6.26 Å². The summed E-state index contributed by atoms with van der Waals surface area (Å²) in [6, 6.07) is 11.1. The summed E-state index contributed by atoms with van der Waals surface area (Å²) in [6.07, 6.45) is -0.0359. The molecule has 1 rings (SSSR count). The molecule has 0 heterocycles. The number of rotatable bonds is 4. The molecule has 0 fully saturated rings. The summed E-state index contributed by atoms with van der Waals surface area (Å²) in [5, 5.41) is 0. The summed E-state index contributed by atoms with van der Waals surface area (Å²) < 4.78 is 0. The van der Waals surface area contributed by atoms with E-state index in [0.29, 0.717) is 12.1 Å². The van der Waals surface area contributed by atoms with Gasteiger partial charge in [-0.05, 0) is 17.5 Å². The highest BCUT2D eigenvalue weighted by Gasteiger charge is 2.27. The van der Waals surface area contributed by atoms with Crippen LogP contribution in [0.15, 0.2) is 30.3 Å². The molecule has 1 aromatic carbocycles. The molecule has 0 aliphatic rings. The fraction of sp³-hybridized carbons (Fsp3) is 0.500. The fourth-order valence-corrected chi connectivity index (χ4v) is 2.50. The SMILES string of the molecule is CC(C)N(B(Cl)c1ccccc1)C(C)C. The Labute approximate surface area is 98.4 Å². The molecule has 1 nitrogen and oxygen atoms in total. The second-order valence-corrected chi connectivity index (χ2v) is 4.79. The average Bonchev–Trinajstić information content (AvgIpc) is 2.18. The molecule has 0 aromatic heterocycles. The lowest BCUT2D eigenvalue weighted by Gasteiger charge is -2.33. The molecule has 0 saturated carbocycles. The van der Waals surface area contributed by atoms with Gasteiger partial charge in [0, 0.05) is 0 Å². The van der Waals surface area contributed by atoms with Gasteiger partial charge < -0.3 is 4.81 Å². The van der Waals surface area contributed by atoms with Gasteiger partial charge in [-0.1, -0.05) is 58.0 Å². The van der Waals surface area contributed by atoms with E-state index >= 15 is 0 Å². The quantitative estimate of drug-likeness (QED) is 0.710. The number of nitrogens with zero attached hydrogens (tertiary/aromatic N) is 1. The predicted molar refractivity (Wildman–Crippen MR) is 69.8 cm³/mol. The summed E-state index contributed by atoms with van der Waals surface area (Å²) >= 11 is 6.49. The lowest BCUT2D eigenvalue weighted by atomic mass is 9.76. The van der Waals surface area contributed by atoms with Crippen molar-refractivity contribution in [1.29, 1.82) is 0 Å². The standard InChI is InChI=1S/C12H19BClN/c1-10(2)15(11(3)4)13(14)12-8-6-5-7-9-12/h5-11H,1-4H3. The van der Waals surface area contributed by atoms with E-state index in [1.807, 2.05) is 18.2 Å². The van der Waals surface area contributed by atoms with Crippen LogP contribution in [-0.4, -0.2) is 23.2 Å². The van der Waals surface area contributed by atoms with E-state index in [1.54, 1.807) is 0 Å². The number of hydrogen-bond acceptors (Lipinski definition) is 1. The van der Waals surface area contributed by atoms with Crippen molar-refractivity contribution in [2.75, 3.05) is 0 Å². The normalized spacial score (nSPS) is 11.5. The predicted octanol–water partition coefficient (Wildman–Crippen LogP) is 2.74. The second-order valence-electron chi connectivity index (χ2n) is 4.38. The van der Waals surface area contributed by atoms with Crippen molar-refractivity contribution in [3.63, 3.8) is 0 Å². The highest BCUT2D eigenvalue weighted by molar-refractivity contribution is 7.12. The van der Waals surface area contributed by atoms with Crippen LogP contribution in [0.25, 0.3) is 0 Å². The van der Waals surface area contributed by atoms with Crippen LogP contribution in [0.4, 0.5) is 0 Å². The summed E-state index contributed by atoms with van der Waals surface area (Å²) in [5.74, 6) is 0. The maximum absolute atomic E-state index is 6.49. The summed E-state index contributed by atoms with van der Waals surface area (Å²) in [7, 11) is 0. The van der Waals surface area contributed by atoms with Gasteiger partial charge in [0.05, 0.1) is 0 Å². The zero-order valence-corrected chi connectivity index (χ0v) is 10.7. The molecule has 0 aliphatic carbocycles. The van der Waals surface area contributed by atoms with Gasteiger partial charge >= 0.3 is 6.26 Å². The van der Waals surface area contributed by atoms with Crippen LogP contribution in [0.1, 0.15) is 27.7 Å². The average molecular weight is 224 g/mol. The van der Waals surface area contributed by atoms with Gasteiger partial charge in [0.1, 0.15) is 0 Å². The van der Waals surface area contributed by atoms with Crippen molar-refractivity contribution in [2.45, 2.75) is 39.8 Å². The maximum atomic E-state index is 6.49. The molecular weight excluding hydrogens is 204 g/mol. The molecule has 0 radical (unpaired) electrons. The summed E-state index contributed by atoms with van der Waals surface area (Å²) in [4.78, 5) is 2.30. The van der Waals surface area contributed by atoms with E-state index in [1.165, 1.54) is 5.46 Å². The van der Waals surface area contributed by atoms with Crippen LogP contribution >= 0.6 is 11.5 Å². The number of hydrogen-bond donors (Lipinski definition) is 0. The van der Waals surface area contributed by atoms with E-state index < -0.39 is 0 Å². The van der Waals surface area contributed by atoms with Crippen molar-refractivity contribution in [3.05, 3.63) is 30.3 Å². The Morgan fingerprint density at radius 1 is 1.00 bits per heavy atom. The van der Waals surface area contributed by atoms with Crippen molar-refractivity contribution >= 4 is 23.2 Å². The molecule has 0 unspecified atom stereocenters. The Balaban J connectivity index is 2.86. The van der Waals surface area contributed by atoms with Crippen LogP contribution in [0.5, 0.6) is 0 Å². The first-order valence-corrected chi connectivity index (χ1v) is 5.94. The smallest absolute Gasteiger partial charge is 0.320 e. The first kappa shape index (κ1) is 12.6. The fourth-order valence-electron chi connectivity index (χ4n) is 1.90. The zero-order chi connectivity index (χ0) is 11.4. The third kappa shape index (κ3) is 3.25. The molecule has 0 atom stereocenters. The monoisotopic (exact) mass is 223 g/mol. The van der Waals surface area contributed by atoms with Gasteiger partial charge in [-0.2, -0.15) is 11.5 Å². The van der Waals surface area contributed by atoms with Crippen LogP contribution in [0, 0.1) is 0 Å². The Kier molecular flexibility index (Phi) is 4.68. The van der Waals surface area contributed by atoms with Crippen molar-refractivity contribution in [3.8, 4) is 0 Å². The molecule has 0 bridgehead atoms. The maximum Gasteiger partial charge on any atom is 0.364 e. The van der Waals surface area contributed by atoms with Crippen LogP contribution in [-0.2, 0) is 0 Å². The Morgan fingerprint density at radius 3 is 1.87 bits per heavy atom. The van der Waals surface area contributed by atoms with E-state index in [9.17, 15) is 0 Å². The molecule has 0 saturated heterocycles. The zero-order valence-electron chi connectivity index (χ0n) is 9.94. The molecule has 0 N–H and O–H groups in total. The first-order chi connectivity index (χ1) is 7.04. The highest BCUT2D eigenvalue weighted by atomic mass is 35.5. The van der Waals surface area contributed by atoms with Gasteiger partial charge in [0.2, 0.25) is 0 Å². The number of benzene rings is 1. The van der Waals surface area contributed by atoms with Gasteiger partial charge in [0.15, 0.2) is 0 Å².